The maximum absolute atomic E-state index is 15.5. The van der Waals surface area contributed by atoms with Gasteiger partial charge in [0.05, 0.1) is 17.5 Å². The van der Waals surface area contributed by atoms with Gasteiger partial charge in [-0.1, -0.05) is 24.3 Å². The van der Waals surface area contributed by atoms with Crippen molar-refractivity contribution < 1.29 is 9.13 Å². The molecule has 0 aliphatic carbocycles. The third kappa shape index (κ3) is 5.98. The maximum Gasteiger partial charge on any atom is 0.164 e. The highest BCUT2D eigenvalue weighted by atomic mass is 19.1. The van der Waals surface area contributed by atoms with Gasteiger partial charge in [-0.05, 0) is 82.5 Å². The average molecular weight is 567 g/mol. The number of hydrogen-bond acceptors (Lipinski definition) is 8. The lowest BCUT2D eigenvalue weighted by Gasteiger charge is -2.33. The van der Waals surface area contributed by atoms with Crippen molar-refractivity contribution in [3.8, 4) is 28.8 Å². The van der Waals surface area contributed by atoms with E-state index in [1.165, 1.54) is 12.4 Å². The zero-order valence-corrected chi connectivity index (χ0v) is 23.8. The predicted molar refractivity (Wildman–Crippen MR) is 160 cm³/mol. The summed E-state index contributed by atoms with van der Waals surface area (Å²) in [6.07, 6.45) is 7.62. The van der Waals surface area contributed by atoms with Crippen molar-refractivity contribution >= 4 is 16.9 Å². The van der Waals surface area contributed by atoms with Gasteiger partial charge in [-0.2, -0.15) is 10.4 Å². The minimum absolute atomic E-state index is 0.00341. The molecule has 9 nitrogen and oxygen atoms in total. The Morgan fingerprint density at radius 2 is 1.90 bits per heavy atom. The zero-order chi connectivity index (χ0) is 29.1. The van der Waals surface area contributed by atoms with Crippen LogP contribution in [0.5, 0.6) is 11.5 Å². The van der Waals surface area contributed by atoms with Gasteiger partial charge >= 0.3 is 0 Å². The fourth-order valence-corrected chi connectivity index (χ4v) is 6.03. The average Bonchev–Trinajstić information content (AvgIpc) is 3.39. The summed E-state index contributed by atoms with van der Waals surface area (Å²) in [5.41, 5.74) is 8.43. The molecule has 2 saturated heterocycles. The van der Waals surface area contributed by atoms with Crippen LogP contribution in [0.2, 0.25) is 0 Å². The van der Waals surface area contributed by atoms with Crippen LogP contribution in [-0.4, -0.2) is 69.3 Å². The molecule has 0 bridgehead atoms. The van der Waals surface area contributed by atoms with E-state index in [4.69, 9.17) is 15.6 Å². The number of aromatic nitrogens is 4. The number of allylic oxidation sites excluding steroid dienone is 1. The van der Waals surface area contributed by atoms with E-state index < -0.39 is 5.82 Å². The Kier molecular flexibility index (Phi) is 8.13. The monoisotopic (exact) mass is 566 g/mol. The molecule has 216 valence electrons. The molecule has 2 aliphatic heterocycles. The summed E-state index contributed by atoms with van der Waals surface area (Å²) in [5.74, 6) is 1.25. The third-order valence-electron chi connectivity index (χ3n) is 8.26. The van der Waals surface area contributed by atoms with Crippen molar-refractivity contribution in [1.82, 2.24) is 29.5 Å². The Bertz CT molecular complexity index is 1620. The molecule has 6 rings (SSSR count). The highest BCUT2D eigenvalue weighted by Gasteiger charge is 2.28. The van der Waals surface area contributed by atoms with Crippen LogP contribution in [0.15, 0.2) is 66.5 Å². The first kappa shape index (κ1) is 27.8. The number of nitrogens with zero attached hydrogens (tertiary/aromatic N) is 7. The number of nitriles is 1. The van der Waals surface area contributed by atoms with Gasteiger partial charge in [-0.3, -0.25) is 4.90 Å². The number of nitrogens with two attached hydrogens (primary N) is 1. The van der Waals surface area contributed by atoms with Crippen molar-refractivity contribution in [1.29, 1.82) is 5.26 Å². The molecule has 0 spiro atoms. The second-order valence-electron chi connectivity index (χ2n) is 11.3. The van der Waals surface area contributed by atoms with E-state index in [0.717, 1.165) is 50.9 Å². The van der Waals surface area contributed by atoms with Crippen molar-refractivity contribution in [3.05, 3.63) is 72.3 Å². The first-order chi connectivity index (χ1) is 20.5. The Morgan fingerprint density at radius 1 is 1.10 bits per heavy atom. The minimum Gasteiger partial charge on any atom is -0.457 e. The molecule has 2 aromatic heterocycles. The number of likely N-dealkylation sites (tertiary alicyclic amines) is 2. The number of halogens is 1. The number of fused-ring (bicyclic) bond motifs is 1. The van der Waals surface area contributed by atoms with E-state index in [0.29, 0.717) is 52.8 Å². The molecule has 2 aliphatic rings. The fraction of sp³-hybridized carbons (Fsp3) is 0.375. The Morgan fingerprint density at radius 3 is 2.67 bits per heavy atom. The molecular weight excluding hydrogens is 531 g/mol. The molecule has 0 amide bonds. The standard InChI is InChI=1S/C32H35FN8O/c1-39-14-11-22(12-15-39)16-23(18-34)19-40-13-5-6-24(20-40)41-32-29(31(35)36-21-37-32)30(38-41)27-10-9-26(17-28(27)33)42-25-7-3-2-4-8-25/h2-4,7-10,16-17,21-22,24H,5-6,11-15,19-20H2,1H3,(H2,35,36,37). The lowest BCUT2D eigenvalue weighted by atomic mass is 9.94. The molecule has 1 atom stereocenters. The van der Waals surface area contributed by atoms with Gasteiger partial charge in [0.25, 0.3) is 0 Å². The third-order valence-corrected chi connectivity index (χ3v) is 8.26. The molecule has 10 heteroatoms. The Labute approximate surface area is 245 Å². The SMILES string of the molecule is CN1CCC(C=C(C#N)CN2CCCC(n3nc(-c4ccc(Oc5ccccc5)cc4F)c4c(N)ncnc43)C2)CC1. The van der Waals surface area contributed by atoms with E-state index in [1.54, 1.807) is 12.1 Å². The Hall–Kier alpha value is -4.33. The first-order valence-electron chi connectivity index (χ1n) is 14.5. The second kappa shape index (κ2) is 12.3. The predicted octanol–water partition coefficient (Wildman–Crippen LogP) is 5.44. The van der Waals surface area contributed by atoms with Crippen LogP contribution in [0.3, 0.4) is 0 Å². The van der Waals surface area contributed by atoms with Crippen molar-refractivity contribution in [2.45, 2.75) is 31.7 Å². The summed E-state index contributed by atoms with van der Waals surface area (Å²) in [4.78, 5) is 13.4. The highest BCUT2D eigenvalue weighted by Crippen LogP contribution is 2.36. The normalized spacial score (nSPS) is 19.2. The van der Waals surface area contributed by atoms with E-state index in [2.05, 4.69) is 39.0 Å². The number of anilines is 1. The van der Waals surface area contributed by atoms with E-state index >= 15 is 4.39 Å². The largest absolute Gasteiger partial charge is 0.457 e. The van der Waals surface area contributed by atoms with Gasteiger partial charge in [-0.15, -0.1) is 0 Å². The molecule has 4 aromatic rings. The van der Waals surface area contributed by atoms with Crippen molar-refractivity contribution in [2.75, 3.05) is 45.5 Å². The van der Waals surface area contributed by atoms with Crippen LogP contribution in [0, 0.1) is 23.1 Å². The van der Waals surface area contributed by atoms with Crippen LogP contribution in [0.4, 0.5) is 10.2 Å². The number of piperidine rings is 2. The zero-order valence-electron chi connectivity index (χ0n) is 23.8. The van der Waals surface area contributed by atoms with Crippen LogP contribution >= 0.6 is 0 Å². The maximum atomic E-state index is 15.5. The highest BCUT2D eigenvalue weighted by molar-refractivity contribution is 5.98. The summed E-state index contributed by atoms with van der Waals surface area (Å²) in [5, 5.41) is 15.3. The van der Waals surface area contributed by atoms with Gasteiger partial charge in [0.2, 0.25) is 0 Å². The molecule has 1 unspecified atom stereocenters. The molecule has 2 aromatic carbocycles. The van der Waals surface area contributed by atoms with Gasteiger partial charge in [-0.25, -0.2) is 19.0 Å². The van der Waals surface area contributed by atoms with Crippen LogP contribution in [-0.2, 0) is 0 Å². The summed E-state index contributed by atoms with van der Waals surface area (Å²) >= 11 is 0. The number of benzene rings is 2. The van der Waals surface area contributed by atoms with E-state index in [1.807, 2.05) is 35.0 Å². The number of hydrogen-bond donors (Lipinski definition) is 1. The topological polar surface area (TPSA) is 109 Å². The molecular formula is C32H35FN8O. The lowest BCUT2D eigenvalue weighted by molar-refractivity contribution is 0.185. The van der Waals surface area contributed by atoms with Crippen molar-refractivity contribution in [3.63, 3.8) is 0 Å². The van der Waals surface area contributed by atoms with Gasteiger partial charge < -0.3 is 15.4 Å². The van der Waals surface area contributed by atoms with Crippen LogP contribution in [0.1, 0.15) is 31.7 Å². The molecule has 2 fully saturated rings. The first-order valence-corrected chi connectivity index (χ1v) is 14.5. The van der Waals surface area contributed by atoms with E-state index in [-0.39, 0.29) is 11.9 Å². The van der Waals surface area contributed by atoms with Gasteiger partial charge in [0, 0.05) is 30.3 Å². The molecule has 4 heterocycles. The Balaban J connectivity index is 1.25. The lowest BCUT2D eigenvalue weighted by Crippen LogP contribution is -2.38. The van der Waals surface area contributed by atoms with Gasteiger partial charge in [0.15, 0.2) is 5.65 Å². The quantitative estimate of drug-likeness (QED) is 0.295. The molecule has 0 radical (unpaired) electrons. The van der Waals surface area contributed by atoms with Crippen molar-refractivity contribution in [2.24, 2.45) is 5.92 Å². The number of ether oxygens (including phenoxy) is 1. The molecule has 0 saturated carbocycles. The van der Waals surface area contributed by atoms with E-state index in [9.17, 15) is 5.26 Å². The minimum atomic E-state index is -0.471. The smallest absolute Gasteiger partial charge is 0.164 e. The molecule has 42 heavy (non-hydrogen) atoms. The molecule has 2 N–H and O–H groups in total. The van der Waals surface area contributed by atoms with Gasteiger partial charge in [0.1, 0.15) is 35.2 Å². The summed E-state index contributed by atoms with van der Waals surface area (Å²) in [7, 11) is 2.14. The fourth-order valence-electron chi connectivity index (χ4n) is 6.03. The number of para-hydroxylation sites is 1. The van der Waals surface area contributed by atoms with Crippen LogP contribution < -0.4 is 10.5 Å². The summed E-state index contributed by atoms with van der Waals surface area (Å²) in [6.45, 7) is 4.35. The number of nitrogen functional groups attached to an aromatic ring is 1. The summed E-state index contributed by atoms with van der Waals surface area (Å²) < 4.78 is 23.2. The second-order valence-corrected chi connectivity index (χ2v) is 11.3. The summed E-state index contributed by atoms with van der Waals surface area (Å²) in [6, 6.07) is 16.4. The number of rotatable bonds is 7. The van der Waals surface area contributed by atoms with Crippen LogP contribution in [0.25, 0.3) is 22.3 Å².